The normalized spacial score (nSPS) is 17.1. The molecule has 3 aromatic carbocycles. The Bertz CT molecular complexity index is 1220. The molecule has 1 atom stereocenters. The molecule has 0 bridgehead atoms. The molecule has 0 spiro atoms. The first-order chi connectivity index (χ1) is 14.9. The van der Waals surface area contributed by atoms with Crippen LogP contribution in [0.3, 0.4) is 0 Å². The van der Waals surface area contributed by atoms with E-state index < -0.39 is 21.3 Å². The molecular weight excluding hydrogens is 452 g/mol. The molecule has 0 radical (unpaired) electrons. The molecule has 0 fully saturated rings. The summed E-state index contributed by atoms with van der Waals surface area (Å²) in [5, 5.41) is 0. The van der Waals surface area contributed by atoms with Crippen LogP contribution in [-0.4, -0.2) is 4.21 Å². The third-order valence-corrected chi connectivity index (χ3v) is 11.7. The number of hydrogen-bond donors (Lipinski definition) is 0. The van der Waals surface area contributed by atoms with Gasteiger partial charge in [0.2, 0.25) is 0 Å². The zero-order valence-corrected chi connectivity index (χ0v) is 21.2. The van der Waals surface area contributed by atoms with Crippen LogP contribution in [0.5, 0.6) is 0 Å². The molecule has 0 aromatic heterocycles. The van der Waals surface area contributed by atoms with Gasteiger partial charge in [-0.3, -0.25) is 0 Å². The summed E-state index contributed by atoms with van der Waals surface area (Å²) >= 11 is -2.06. The van der Waals surface area contributed by atoms with E-state index in [4.69, 9.17) is 4.21 Å². The fourth-order valence-electron chi connectivity index (χ4n) is 5.16. The molecule has 1 unspecified atom stereocenters. The molecule has 3 aromatic rings. The van der Waals surface area contributed by atoms with E-state index in [0.717, 1.165) is 10.5 Å². The Hall–Kier alpha value is -2.11. The van der Waals surface area contributed by atoms with Crippen LogP contribution in [0.2, 0.25) is 0 Å². The number of benzene rings is 3. The molecule has 5 rings (SSSR count). The Balaban J connectivity index is 1.62. The summed E-state index contributed by atoms with van der Waals surface area (Å²) < 4.78 is 7.58. The molecule has 0 saturated heterocycles. The molecule has 2 aliphatic rings. The fraction of sp³-hybridized carbons (Fsp3) is 0.233. The van der Waals surface area contributed by atoms with Crippen LogP contribution in [-0.2, 0) is 25.4 Å². The summed E-state index contributed by atoms with van der Waals surface area (Å²) in [6.07, 6.45) is 6.01. The van der Waals surface area contributed by atoms with Gasteiger partial charge >= 0.3 is 195 Å². The molecule has 0 heterocycles. The van der Waals surface area contributed by atoms with Crippen molar-refractivity contribution in [3.05, 3.63) is 113 Å². The van der Waals surface area contributed by atoms with Gasteiger partial charge in [-0.15, -0.1) is 0 Å². The van der Waals surface area contributed by atoms with Crippen molar-refractivity contribution in [2.75, 3.05) is 0 Å². The van der Waals surface area contributed by atoms with Crippen LogP contribution in [0.15, 0.2) is 96.1 Å². The van der Waals surface area contributed by atoms with Crippen LogP contribution in [0, 0.1) is 5.41 Å². The van der Waals surface area contributed by atoms with Gasteiger partial charge in [-0.2, -0.15) is 0 Å². The Labute approximate surface area is 194 Å². The summed E-state index contributed by atoms with van der Waals surface area (Å²) in [6, 6.07) is 27.0. The van der Waals surface area contributed by atoms with Crippen LogP contribution in [0.25, 0.3) is 11.1 Å². The first-order valence-electron chi connectivity index (χ1n) is 11.3. The van der Waals surface area contributed by atoms with Crippen molar-refractivity contribution in [2.24, 2.45) is 5.41 Å². The van der Waals surface area contributed by atoms with Crippen LogP contribution >= 0.6 is 0 Å². The van der Waals surface area contributed by atoms with Gasteiger partial charge in [0.1, 0.15) is 0 Å². The van der Waals surface area contributed by atoms with Crippen molar-refractivity contribution in [2.45, 2.75) is 37.2 Å². The maximum absolute atomic E-state index is 4.82. The van der Waals surface area contributed by atoms with Gasteiger partial charge in [-0.1, -0.05) is 0 Å². The van der Waals surface area contributed by atoms with E-state index in [-0.39, 0.29) is 5.41 Å². The molecule has 0 nitrogen and oxygen atoms in total. The molecule has 0 amide bonds. The quantitative estimate of drug-likeness (QED) is 0.377. The molecule has 1 heteroatoms. The second-order valence-electron chi connectivity index (χ2n) is 9.89. The van der Waals surface area contributed by atoms with Gasteiger partial charge in [0.25, 0.3) is 0 Å². The third-order valence-electron chi connectivity index (χ3n) is 6.73. The second-order valence-corrected chi connectivity index (χ2v) is 15.0. The average molecular weight is 482 g/mol. The van der Waals surface area contributed by atoms with E-state index in [0.29, 0.717) is 5.92 Å². The van der Waals surface area contributed by atoms with Crippen molar-refractivity contribution in [3.63, 3.8) is 0 Å². The third kappa shape index (κ3) is 3.83. The number of fused-ring (bicyclic) bond motifs is 3. The van der Waals surface area contributed by atoms with E-state index >= 15 is 0 Å². The molecular formula is C30H30Zr. The van der Waals surface area contributed by atoms with Crippen LogP contribution < -0.4 is 3.27 Å². The minimum atomic E-state index is -2.06. The van der Waals surface area contributed by atoms with E-state index in [1.165, 1.54) is 27.8 Å². The molecule has 0 aliphatic heterocycles. The molecule has 154 valence electrons. The maximum atomic E-state index is 4.82. The van der Waals surface area contributed by atoms with Crippen molar-refractivity contribution in [3.8, 4) is 11.1 Å². The first-order valence-corrected chi connectivity index (χ1v) is 16.0. The minimum absolute atomic E-state index is 0.197. The summed E-state index contributed by atoms with van der Waals surface area (Å²) in [4.78, 5) is 0. The monoisotopic (exact) mass is 480 g/mol. The van der Waals surface area contributed by atoms with Gasteiger partial charge < -0.3 is 0 Å². The van der Waals surface area contributed by atoms with Crippen molar-refractivity contribution in [1.82, 2.24) is 0 Å². The Morgan fingerprint density at radius 2 is 1.58 bits per heavy atom. The summed E-state index contributed by atoms with van der Waals surface area (Å²) in [7, 11) is 0. The zero-order valence-electron chi connectivity index (χ0n) is 18.8. The predicted octanol–water partition coefficient (Wildman–Crippen LogP) is 6.98. The Kier molecular flexibility index (Phi) is 5.43. The fourth-order valence-corrected chi connectivity index (χ4v) is 9.86. The molecule has 2 aliphatic carbocycles. The van der Waals surface area contributed by atoms with Crippen molar-refractivity contribution >= 4 is 7.48 Å². The van der Waals surface area contributed by atoms with Gasteiger partial charge in [0, 0.05) is 0 Å². The zero-order chi connectivity index (χ0) is 21.6. The van der Waals surface area contributed by atoms with E-state index in [1.54, 1.807) is 14.4 Å². The SMILES string of the molecule is [CH2]=[Zr]([CH2]c1ccccc1)[c]1cccc2c1C(C1=CC(C(C)(C)C)=CC1)c1ccccc1-2. The second kappa shape index (κ2) is 8.10. The number of allylic oxidation sites excluding steroid dienone is 4. The number of rotatable bonds is 4. The summed E-state index contributed by atoms with van der Waals surface area (Å²) in [5.74, 6) is 0.381. The van der Waals surface area contributed by atoms with Gasteiger partial charge in [-0.25, -0.2) is 0 Å². The van der Waals surface area contributed by atoms with Crippen molar-refractivity contribution < 1.29 is 21.3 Å². The Morgan fingerprint density at radius 1 is 0.871 bits per heavy atom. The summed E-state index contributed by atoms with van der Waals surface area (Å²) in [6.45, 7) is 6.96. The standard InChI is InChI=1S/C22H21.C7H7.CH2.Zr/c1-22(2,3)16-13-12-15(14-16)21-19-10-6-4-8-17(19)18-9-5-7-11-20(18)21;1-7-5-3-2-4-6-7;;/h4-10,13-14,21H,12H2,1-3H3;2-6H,1H2;1H2;. The van der Waals surface area contributed by atoms with E-state index in [2.05, 4.69) is 106 Å². The molecule has 31 heavy (non-hydrogen) atoms. The Morgan fingerprint density at radius 3 is 2.32 bits per heavy atom. The molecule has 0 N–H and O–H groups in total. The van der Waals surface area contributed by atoms with Gasteiger partial charge in [0.05, 0.1) is 0 Å². The van der Waals surface area contributed by atoms with Gasteiger partial charge in [0.15, 0.2) is 0 Å². The first kappa shape index (κ1) is 20.8. The van der Waals surface area contributed by atoms with Crippen LogP contribution in [0.4, 0.5) is 0 Å². The van der Waals surface area contributed by atoms with Crippen LogP contribution in [0.1, 0.15) is 49.8 Å². The summed E-state index contributed by atoms with van der Waals surface area (Å²) in [5.41, 5.74) is 10.6. The topological polar surface area (TPSA) is 0 Å². The van der Waals surface area contributed by atoms with E-state index in [1.807, 2.05) is 0 Å². The predicted molar refractivity (Wildman–Crippen MR) is 131 cm³/mol. The average Bonchev–Trinajstić information content (AvgIpc) is 3.37. The number of hydrogen-bond acceptors (Lipinski definition) is 0. The van der Waals surface area contributed by atoms with Gasteiger partial charge in [-0.05, 0) is 0 Å². The van der Waals surface area contributed by atoms with Crippen molar-refractivity contribution in [1.29, 1.82) is 0 Å². The molecule has 0 saturated carbocycles. The van der Waals surface area contributed by atoms with E-state index in [9.17, 15) is 0 Å².